The van der Waals surface area contributed by atoms with E-state index in [1.165, 1.54) is 16.5 Å². The van der Waals surface area contributed by atoms with Gasteiger partial charge in [-0.05, 0) is 36.6 Å². The summed E-state index contributed by atoms with van der Waals surface area (Å²) in [5, 5.41) is 3.59. The fourth-order valence-corrected chi connectivity index (χ4v) is 3.74. The van der Waals surface area contributed by atoms with E-state index in [4.69, 9.17) is 0 Å². The summed E-state index contributed by atoms with van der Waals surface area (Å²) in [5.41, 5.74) is 1.90. The number of fused-ring (bicyclic) bond motifs is 1. The molecule has 1 aromatic heterocycles. The number of amides is 1. The molecule has 138 valence electrons. The van der Waals surface area contributed by atoms with E-state index < -0.39 is 0 Å². The van der Waals surface area contributed by atoms with Crippen LogP contribution in [0.15, 0.2) is 64.1 Å². The Morgan fingerprint density at radius 1 is 1.19 bits per heavy atom. The van der Waals surface area contributed by atoms with Gasteiger partial charge in [0.2, 0.25) is 5.91 Å². The van der Waals surface area contributed by atoms with Gasteiger partial charge in [-0.3, -0.25) is 14.2 Å². The first-order valence-electron chi connectivity index (χ1n) is 9.04. The molecule has 5 nitrogen and oxygen atoms in total. The Morgan fingerprint density at radius 3 is 2.70 bits per heavy atom. The van der Waals surface area contributed by atoms with Crippen molar-refractivity contribution in [3.8, 4) is 0 Å². The molecule has 1 aliphatic carbocycles. The minimum Gasteiger partial charge on any atom is -0.355 e. The molecule has 0 saturated heterocycles. The molecule has 4 rings (SSSR count). The Balaban J connectivity index is 1.38. The molecule has 27 heavy (non-hydrogen) atoms. The third kappa shape index (κ3) is 3.81. The van der Waals surface area contributed by atoms with Crippen LogP contribution >= 0.6 is 15.9 Å². The summed E-state index contributed by atoms with van der Waals surface area (Å²) in [7, 11) is 0. The van der Waals surface area contributed by atoms with Gasteiger partial charge in [-0.25, -0.2) is 4.98 Å². The summed E-state index contributed by atoms with van der Waals surface area (Å²) < 4.78 is 2.33. The SMILES string of the molecule is O=C(CCn1cnc2ccc(Br)cc2c1=O)NCC1(c2ccccc2)CC1. The average molecular weight is 426 g/mol. The number of nitrogens with one attached hydrogen (secondary N) is 1. The monoisotopic (exact) mass is 425 g/mol. The molecule has 1 N–H and O–H groups in total. The lowest BCUT2D eigenvalue weighted by molar-refractivity contribution is -0.121. The molecular formula is C21H20BrN3O2. The molecule has 2 aromatic carbocycles. The van der Waals surface area contributed by atoms with Crippen LogP contribution in [-0.4, -0.2) is 22.0 Å². The predicted molar refractivity (Wildman–Crippen MR) is 109 cm³/mol. The number of aromatic nitrogens is 2. The van der Waals surface area contributed by atoms with E-state index >= 15 is 0 Å². The summed E-state index contributed by atoms with van der Waals surface area (Å²) in [4.78, 5) is 29.2. The van der Waals surface area contributed by atoms with Gasteiger partial charge < -0.3 is 5.32 Å². The van der Waals surface area contributed by atoms with Gasteiger partial charge in [0.25, 0.3) is 5.56 Å². The number of nitrogens with zero attached hydrogens (tertiary/aromatic N) is 2. The molecule has 1 amide bonds. The molecule has 6 heteroatoms. The third-order valence-electron chi connectivity index (χ3n) is 5.23. The Bertz CT molecular complexity index is 1040. The van der Waals surface area contributed by atoms with Crippen molar-refractivity contribution in [2.24, 2.45) is 0 Å². The number of carbonyl (C=O) groups is 1. The molecule has 1 aliphatic rings. The molecule has 0 atom stereocenters. The molecule has 0 bridgehead atoms. The molecule has 1 saturated carbocycles. The molecule has 0 radical (unpaired) electrons. The highest BCUT2D eigenvalue weighted by molar-refractivity contribution is 9.10. The zero-order valence-corrected chi connectivity index (χ0v) is 16.4. The lowest BCUT2D eigenvalue weighted by Gasteiger charge is -2.16. The first-order chi connectivity index (χ1) is 13.1. The number of halogens is 1. The second-order valence-electron chi connectivity index (χ2n) is 7.08. The standard InChI is InChI=1S/C21H20BrN3O2/c22-16-6-7-18-17(12-16)20(27)25(14-24-18)11-8-19(26)23-13-21(9-10-21)15-4-2-1-3-5-15/h1-7,12,14H,8-11,13H2,(H,23,26). The molecule has 0 unspecified atom stereocenters. The number of aryl methyl sites for hydroxylation is 1. The van der Waals surface area contributed by atoms with Crippen LogP contribution in [0, 0.1) is 0 Å². The fourth-order valence-electron chi connectivity index (χ4n) is 3.38. The Hall–Kier alpha value is -2.47. The first-order valence-corrected chi connectivity index (χ1v) is 9.84. The van der Waals surface area contributed by atoms with Gasteiger partial charge in [-0.15, -0.1) is 0 Å². The summed E-state index contributed by atoms with van der Waals surface area (Å²) >= 11 is 3.38. The van der Waals surface area contributed by atoms with Gasteiger partial charge in [-0.2, -0.15) is 0 Å². The summed E-state index contributed by atoms with van der Waals surface area (Å²) in [6.07, 6.45) is 3.96. The molecule has 1 fully saturated rings. The van der Waals surface area contributed by atoms with Gasteiger partial charge in [0, 0.05) is 29.4 Å². The lowest BCUT2D eigenvalue weighted by atomic mass is 9.96. The van der Waals surface area contributed by atoms with Crippen LogP contribution in [0.1, 0.15) is 24.8 Å². The molecule has 3 aromatic rings. The van der Waals surface area contributed by atoms with E-state index in [0.29, 0.717) is 24.0 Å². The summed E-state index contributed by atoms with van der Waals surface area (Å²) in [6.45, 7) is 0.964. The maximum atomic E-state index is 12.6. The van der Waals surface area contributed by atoms with Crippen LogP contribution in [0.25, 0.3) is 10.9 Å². The van der Waals surface area contributed by atoms with Crippen molar-refractivity contribution in [2.45, 2.75) is 31.2 Å². The van der Waals surface area contributed by atoms with Crippen LogP contribution in [0.4, 0.5) is 0 Å². The van der Waals surface area contributed by atoms with Crippen LogP contribution in [0.5, 0.6) is 0 Å². The second kappa shape index (κ2) is 7.27. The van der Waals surface area contributed by atoms with Crippen molar-refractivity contribution < 1.29 is 4.79 Å². The minimum atomic E-state index is -0.128. The van der Waals surface area contributed by atoms with Gasteiger partial charge in [-0.1, -0.05) is 46.3 Å². The van der Waals surface area contributed by atoms with E-state index in [2.05, 4.69) is 38.4 Å². The average Bonchev–Trinajstić information content (AvgIpc) is 3.48. The van der Waals surface area contributed by atoms with E-state index in [-0.39, 0.29) is 23.3 Å². The van der Waals surface area contributed by atoms with Crippen molar-refractivity contribution in [1.82, 2.24) is 14.9 Å². The van der Waals surface area contributed by atoms with Crippen LogP contribution in [-0.2, 0) is 16.8 Å². The zero-order valence-electron chi connectivity index (χ0n) is 14.8. The third-order valence-corrected chi connectivity index (χ3v) is 5.72. The van der Waals surface area contributed by atoms with Crippen molar-refractivity contribution in [1.29, 1.82) is 0 Å². The van der Waals surface area contributed by atoms with Gasteiger partial charge in [0.05, 0.1) is 17.2 Å². The Labute approximate surface area is 165 Å². The van der Waals surface area contributed by atoms with E-state index in [9.17, 15) is 9.59 Å². The molecular weight excluding hydrogens is 406 g/mol. The lowest BCUT2D eigenvalue weighted by Crippen LogP contribution is -2.33. The smallest absolute Gasteiger partial charge is 0.261 e. The summed E-state index contributed by atoms with van der Waals surface area (Å²) in [5.74, 6) is -0.0431. The Kier molecular flexibility index (Phi) is 4.83. The van der Waals surface area contributed by atoms with E-state index in [0.717, 1.165) is 17.3 Å². The van der Waals surface area contributed by atoms with Crippen LogP contribution < -0.4 is 10.9 Å². The van der Waals surface area contributed by atoms with Gasteiger partial charge in [0.15, 0.2) is 0 Å². The predicted octanol–water partition coefficient (Wildman–Crippen LogP) is 3.40. The van der Waals surface area contributed by atoms with Crippen molar-refractivity contribution >= 4 is 32.7 Å². The van der Waals surface area contributed by atoms with Gasteiger partial charge >= 0.3 is 0 Å². The van der Waals surface area contributed by atoms with Crippen molar-refractivity contribution in [2.75, 3.05) is 6.54 Å². The molecule has 0 aliphatic heterocycles. The van der Waals surface area contributed by atoms with Crippen molar-refractivity contribution in [3.63, 3.8) is 0 Å². The first kappa shape index (κ1) is 17.9. The highest BCUT2D eigenvalue weighted by Gasteiger charge is 2.44. The topological polar surface area (TPSA) is 64.0 Å². The summed E-state index contributed by atoms with van der Waals surface area (Å²) in [6, 6.07) is 15.7. The number of rotatable bonds is 6. The fraction of sp³-hybridized carbons (Fsp3) is 0.286. The number of hydrogen-bond acceptors (Lipinski definition) is 3. The molecule has 0 spiro atoms. The number of benzene rings is 2. The van der Waals surface area contributed by atoms with E-state index in [1.807, 2.05) is 24.3 Å². The zero-order chi connectivity index (χ0) is 18.9. The van der Waals surface area contributed by atoms with Crippen molar-refractivity contribution in [3.05, 3.63) is 75.2 Å². The Morgan fingerprint density at radius 2 is 1.96 bits per heavy atom. The largest absolute Gasteiger partial charge is 0.355 e. The van der Waals surface area contributed by atoms with E-state index in [1.54, 1.807) is 12.1 Å². The number of carbonyl (C=O) groups excluding carboxylic acids is 1. The van der Waals surface area contributed by atoms with Gasteiger partial charge in [0.1, 0.15) is 0 Å². The highest BCUT2D eigenvalue weighted by Crippen LogP contribution is 2.47. The quantitative estimate of drug-likeness (QED) is 0.657. The number of hydrogen-bond donors (Lipinski definition) is 1. The van der Waals surface area contributed by atoms with Crippen LogP contribution in [0.3, 0.4) is 0 Å². The molecule has 1 heterocycles. The second-order valence-corrected chi connectivity index (χ2v) is 7.99. The maximum absolute atomic E-state index is 12.6. The maximum Gasteiger partial charge on any atom is 0.261 e. The minimum absolute atomic E-state index is 0.0431. The highest BCUT2D eigenvalue weighted by atomic mass is 79.9. The normalized spacial score (nSPS) is 14.9. The van der Waals surface area contributed by atoms with Crippen LogP contribution in [0.2, 0.25) is 0 Å².